The van der Waals surface area contributed by atoms with E-state index in [9.17, 15) is 4.79 Å². The van der Waals surface area contributed by atoms with Crippen LogP contribution in [0.25, 0.3) is 0 Å². The van der Waals surface area contributed by atoms with E-state index in [4.69, 9.17) is 0 Å². The van der Waals surface area contributed by atoms with E-state index >= 15 is 0 Å². The molecule has 4 nitrogen and oxygen atoms in total. The van der Waals surface area contributed by atoms with Crippen molar-refractivity contribution in [2.75, 3.05) is 6.54 Å². The van der Waals surface area contributed by atoms with E-state index in [1.807, 2.05) is 55.9 Å². The van der Waals surface area contributed by atoms with Crippen LogP contribution in [0.4, 0.5) is 0 Å². The molecule has 0 saturated heterocycles. The van der Waals surface area contributed by atoms with Crippen molar-refractivity contribution < 1.29 is 4.79 Å². The quantitative estimate of drug-likeness (QED) is 0.910. The Balaban J connectivity index is 1.87. The van der Waals surface area contributed by atoms with Gasteiger partial charge in [-0.1, -0.05) is 6.07 Å². The highest BCUT2D eigenvalue weighted by Gasteiger charge is 2.09. The molecular formula is C15H19N3O. The van der Waals surface area contributed by atoms with Gasteiger partial charge in [-0.15, -0.1) is 0 Å². The second-order valence-corrected chi connectivity index (χ2v) is 4.73. The van der Waals surface area contributed by atoms with E-state index in [0.29, 0.717) is 12.2 Å². The van der Waals surface area contributed by atoms with E-state index < -0.39 is 0 Å². The summed E-state index contributed by atoms with van der Waals surface area (Å²) >= 11 is 0. The summed E-state index contributed by atoms with van der Waals surface area (Å²) in [6.45, 7) is 4.56. The Hall–Kier alpha value is -2.10. The standard InChI is InChI=1S/C15H19N3O/c1-11-4-6-13(10-17-11)8-9-16-15(19)14-7-5-12(2)18(14)3/h4-7,10H,8-9H2,1-3H3,(H,16,19). The van der Waals surface area contributed by atoms with Crippen molar-refractivity contribution in [3.05, 3.63) is 53.1 Å². The van der Waals surface area contributed by atoms with Crippen molar-refractivity contribution in [1.29, 1.82) is 0 Å². The van der Waals surface area contributed by atoms with Crippen LogP contribution in [0.3, 0.4) is 0 Å². The summed E-state index contributed by atoms with van der Waals surface area (Å²) in [6, 6.07) is 7.82. The molecule has 2 aromatic heterocycles. The molecule has 0 aliphatic rings. The number of pyridine rings is 1. The van der Waals surface area contributed by atoms with Gasteiger partial charge in [0.2, 0.25) is 0 Å². The number of hydrogen-bond acceptors (Lipinski definition) is 2. The first-order valence-corrected chi connectivity index (χ1v) is 6.40. The average molecular weight is 257 g/mol. The number of hydrogen-bond donors (Lipinski definition) is 1. The zero-order valence-corrected chi connectivity index (χ0v) is 11.6. The van der Waals surface area contributed by atoms with Crippen LogP contribution in [-0.2, 0) is 13.5 Å². The van der Waals surface area contributed by atoms with E-state index in [1.165, 1.54) is 0 Å². The molecule has 0 bridgehead atoms. The van der Waals surface area contributed by atoms with Crippen molar-refractivity contribution in [1.82, 2.24) is 14.9 Å². The molecule has 2 heterocycles. The second kappa shape index (κ2) is 5.69. The van der Waals surface area contributed by atoms with Gasteiger partial charge in [-0.25, -0.2) is 0 Å². The van der Waals surface area contributed by atoms with Crippen molar-refractivity contribution in [2.24, 2.45) is 7.05 Å². The van der Waals surface area contributed by atoms with Crippen LogP contribution in [0, 0.1) is 13.8 Å². The van der Waals surface area contributed by atoms with Gasteiger partial charge in [-0.05, 0) is 44.0 Å². The van der Waals surface area contributed by atoms with Crippen LogP contribution in [0.1, 0.15) is 27.4 Å². The van der Waals surface area contributed by atoms with Gasteiger partial charge in [0.05, 0.1) is 0 Å². The lowest BCUT2D eigenvalue weighted by Gasteiger charge is -2.07. The molecule has 2 rings (SSSR count). The molecule has 0 fully saturated rings. The van der Waals surface area contributed by atoms with Crippen LogP contribution in [0.2, 0.25) is 0 Å². The molecule has 0 aliphatic heterocycles. The topological polar surface area (TPSA) is 46.9 Å². The number of carbonyl (C=O) groups is 1. The number of carbonyl (C=O) groups excluding carboxylic acids is 1. The van der Waals surface area contributed by atoms with E-state index in [0.717, 1.165) is 23.4 Å². The molecule has 0 spiro atoms. The van der Waals surface area contributed by atoms with Crippen LogP contribution in [0.5, 0.6) is 0 Å². The lowest BCUT2D eigenvalue weighted by Crippen LogP contribution is -2.27. The Morgan fingerprint density at radius 1 is 1.26 bits per heavy atom. The minimum absolute atomic E-state index is 0.0318. The summed E-state index contributed by atoms with van der Waals surface area (Å²) in [5.41, 5.74) is 3.91. The molecule has 0 saturated carbocycles. The molecule has 4 heteroatoms. The van der Waals surface area contributed by atoms with Crippen molar-refractivity contribution in [3.8, 4) is 0 Å². The van der Waals surface area contributed by atoms with Crippen molar-refractivity contribution in [3.63, 3.8) is 0 Å². The minimum atomic E-state index is -0.0318. The smallest absolute Gasteiger partial charge is 0.267 e. The average Bonchev–Trinajstić information content (AvgIpc) is 2.72. The summed E-state index contributed by atoms with van der Waals surface area (Å²) in [5, 5.41) is 2.93. The van der Waals surface area contributed by atoms with Crippen LogP contribution in [-0.4, -0.2) is 22.0 Å². The Morgan fingerprint density at radius 3 is 2.63 bits per heavy atom. The molecule has 0 unspecified atom stereocenters. The molecule has 2 aromatic rings. The molecular weight excluding hydrogens is 238 g/mol. The SMILES string of the molecule is Cc1ccc(CCNC(=O)c2ccc(C)n2C)cn1. The summed E-state index contributed by atoms with van der Waals surface area (Å²) in [6.07, 6.45) is 2.65. The first kappa shape index (κ1) is 13.3. The largest absolute Gasteiger partial charge is 0.350 e. The number of rotatable bonds is 4. The number of nitrogens with one attached hydrogen (secondary N) is 1. The van der Waals surface area contributed by atoms with Gasteiger partial charge in [0, 0.05) is 31.2 Å². The number of nitrogens with zero attached hydrogens (tertiary/aromatic N) is 2. The van der Waals surface area contributed by atoms with Gasteiger partial charge >= 0.3 is 0 Å². The van der Waals surface area contributed by atoms with Gasteiger partial charge in [0.1, 0.15) is 5.69 Å². The zero-order valence-electron chi connectivity index (χ0n) is 11.6. The minimum Gasteiger partial charge on any atom is -0.350 e. The Kier molecular flexibility index (Phi) is 4.00. The van der Waals surface area contributed by atoms with E-state index in [1.54, 1.807) is 0 Å². The number of aryl methyl sites for hydroxylation is 2. The number of amides is 1. The Morgan fingerprint density at radius 2 is 2.05 bits per heavy atom. The van der Waals surface area contributed by atoms with Crippen LogP contribution < -0.4 is 5.32 Å². The lowest BCUT2D eigenvalue weighted by atomic mass is 10.2. The molecule has 1 N–H and O–H groups in total. The van der Waals surface area contributed by atoms with Gasteiger partial charge in [-0.2, -0.15) is 0 Å². The summed E-state index contributed by atoms with van der Waals surface area (Å²) in [7, 11) is 1.90. The van der Waals surface area contributed by atoms with E-state index in [2.05, 4.69) is 10.3 Å². The third kappa shape index (κ3) is 3.22. The molecule has 0 radical (unpaired) electrons. The zero-order chi connectivity index (χ0) is 13.8. The molecule has 19 heavy (non-hydrogen) atoms. The fraction of sp³-hybridized carbons (Fsp3) is 0.333. The highest BCUT2D eigenvalue weighted by molar-refractivity contribution is 5.92. The normalized spacial score (nSPS) is 10.5. The first-order chi connectivity index (χ1) is 9.08. The Bertz CT molecular complexity index is 570. The molecule has 100 valence electrons. The fourth-order valence-corrected chi connectivity index (χ4v) is 1.90. The first-order valence-electron chi connectivity index (χ1n) is 6.40. The molecule has 0 aliphatic carbocycles. The van der Waals surface area contributed by atoms with Crippen molar-refractivity contribution in [2.45, 2.75) is 20.3 Å². The highest BCUT2D eigenvalue weighted by Crippen LogP contribution is 2.05. The van der Waals surface area contributed by atoms with Crippen molar-refractivity contribution >= 4 is 5.91 Å². The summed E-state index contributed by atoms with van der Waals surface area (Å²) < 4.78 is 1.89. The highest BCUT2D eigenvalue weighted by atomic mass is 16.1. The fourth-order valence-electron chi connectivity index (χ4n) is 1.90. The van der Waals surface area contributed by atoms with Gasteiger partial charge in [0.25, 0.3) is 5.91 Å². The third-order valence-corrected chi connectivity index (χ3v) is 3.28. The predicted octanol–water partition coefficient (Wildman–Crippen LogP) is 2.01. The molecule has 0 aromatic carbocycles. The summed E-state index contributed by atoms with van der Waals surface area (Å²) in [5.74, 6) is -0.0318. The Labute approximate surface area is 113 Å². The van der Waals surface area contributed by atoms with Crippen LogP contribution >= 0.6 is 0 Å². The summed E-state index contributed by atoms with van der Waals surface area (Å²) in [4.78, 5) is 16.2. The van der Waals surface area contributed by atoms with Gasteiger partial charge in [0.15, 0.2) is 0 Å². The molecule has 1 amide bonds. The lowest BCUT2D eigenvalue weighted by molar-refractivity contribution is 0.0946. The number of aromatic nitrogens is 2. The monoisotopic (exact) mass is 257 g/mol. The molecule has 0 atom stereocenters. The maximum Gasteiger partial charge on any atom is 0.267 e. The van der Waals surface area contributed by atoms with E-state index in [-0.39, 0.29) is 5.91 Å². The third-order valence-electron chi connectivity index (χ3n) is 3.28. The maximum atomic E-state index is 12.0. The predicted molar refractivity (Wildman–Crippen MR) is 75.2 cm³/mol. The van der Waals surface area contributed by atoms with Crippen LogP contribution in [0.15, 0.2) is 30.5 Å². The second-order valence-electron chi connectivity index (χ2n) is 4.73. The van der Waals surface area contributed by atoms with Gasteiger partial charge < -0.3 is 9.88 Å². The van der Waals surface area contributed by atoms with Gasteiger partial charge in [-0.3, -0.25) is 9.78 Å². The maximum absolute atomic E-state index is 12.0.